The molecule has 0 bridgehead atoms. The van der Waals surface area contributed by atoms with Gasteiger partial charge in [0, 0.05) is 0 Å². The molecule has 0 aromatic rings. The molecule has 0 aliphatic carbocycles. The Balaban J connectivity index is 3.14. The third-order valence-electron chi connectivity index (χ3n) is 0.519. The van der Waals surface area contributed by atoms with E-state index in [1.165, 1.54) is 0 Å². The minimum atomic E-state index is 0.277. The van der Waals surface area contributed by atoms with Crippen molar-refractivity contribution in [3.63, 3.8) is 0 Å². The van der Waals surface area contributed by atoms with Crippen LogP contribution in [0.1, 0.15) is 0 Å². The molecule has 0 aromatic carbocycles. The van der Waals surface area contributed by atoms with Crippen LogP contribution in [0.5, 0.6) is 0 Å². The Labute approximate surface area is 54.1 Å². The van der Waals surface area contributed by atoms with Crippen LogP contribution in [0.4, 0.5) is 0 Å². The molecule has 0 fully saturated rings. The summed E-state index contributed by atoms with van der Waals surface area (Å²) in [5.74, 6) is 0. The maximum atomic E-state index is 9.49. The number of hydrogen-bond acceptors (Lipinski definition) is 4. The molecule has 0 saturated heterocycles. The van der Waals surface area contributed by atoms with Gasteiger partial charge in [-0.1, -0.05) is 0 Å². The summed E-state index contributed by atoms with van der Waals surface area (Å²) >= 11 is 0. The van der Waals surface area contributed by atoms with Gasteiger partial charge in [-0.15, -0.1) is 0 Å². The molecule has 0 atom stereocenters. The molecule has 1 radical (unpaired) electrons. The van der Waals surface area contributed by atoms with Gasteiger partial charge in [-0.25, -0.2) is 4.99 Å². The lowest BCUT2D eigenvalue weighted by atomic mass is 10.9. The highest BCUT2D eigenvalue weighted by Crippen LogP contribution is 1.72. The van der Waals surface area contributed by atoms with Crippen LogP contribution in [0.25, 0.3) is 0 Å². The van der Waals surface area contributed by atoms with E-state index in [9.17, 15) is 4.79 Å². The van der Waals surface area contributed by atoms with Crippen molar-refractivity contribution < 1.29 is 9.53 Å². The van der Waals surface area contributed by atoms with Gasteiger partial charge in [-0.2, -0.15) is 0 Å². The van der Waals surface area contributed by atoms with Gasteiger partial charge >= 0.3 is 0 Å². The number of aliphatic imine (C=N–C) groups is 1. The Bertz CT molecular complexity index is 101. The lowest BCUT2D eigenvalue weighted by molar-refractivity contribution is -0.121. The van der Waals surface area contributed by atoms with Crippen LogP contribution in [-0.2, 0) is 9.53 Å². The third kappa shape index (κ3) is 7.10. The Morgan fingerprint density at radius 2 is 2.44 bits per heavy atom. The van der Waals surface area contributed by atoms with Crippen molar-refractivity contribution in [3.8, 4) is 0 Å². The minimum absolute atomic E-state index is 0.277. The highest BCUT2D eigenvalue weighted by Gasteiger charge is 1.81. The SMILES string of the molecule is CN(C)C/N=[C]/OC=O. The van der Waals surface area contributed by atoms with Crippen LogP contribution < -0.4 is 0 Å². The van der Waals surface area contributed by atoms with Gasteiger partial charge < -0.3 is 4.74 Å². The summed E-state index contributed by atoms with van der Waals surface area (Å²) in [5, 5.41) is 0. The molecule has 0 unspecified atom stereocenters. The molecule has 0 N–H and O–H groups in total. The monoisotopic (exact) mass is 129 g/mol. The van der Waals surface area contributed by atoms with Crippen LogP contribution in [0, 0.1) is 0 Å². The first-order valence-electron chi connectivity index (χ1n) is 2.43. The molecule has 0 amide bonds. The van der Waals surface area contributed by atoms with Crippen molar-refractivity contribution in [3.05, 3.63) is 0 Å². The lowest BCUT2D eigenvalue weighted by Gasteiger charge is -2.01. The van der Waals surface area contributed by atoms with E-state index in [2.05, 4.69) is 16.1 Å². The minimum Gasteiger partial charge on any atom is -0.404 e. The summed E-state index contributed by atoms with van der Waals surface area (Å²) < 4.78 is 4.06. The van der Waals surface area contributed by atoms with Gasteiger partial charge in [0.05, 0.1) is 6.67 Å². The maximum Gasteiger partial charge on any atom is 0.299 e. The van der Waals surface area contributed by atoms with E-state index < -0.39 is 0 Å². The molecular weight excluding hydrogens is 120 g/mol. The summed E-state index contributed by atoms with van der Waals surface area (Å²) in [4.78, 5) is 14.9. The van der Waals surface area contributed by atoms with Crippen LogP contribution in [0.2, 0.25) is 0 Å². The van der Waals surface area contributed by atoms with Crippen molar-refractivity contribution >= 4 is 12.9 Å². The van der Waals surface area contributed by atoms with E-state index in [4.69, 9.17) is 0 Å². The van der Waals surface area contributed by atoms with Crippen LogP contribution in [0.3, 0.4) is 0 Å². The first-order valence-corrected chi connectivity index (χ1v) is 2.43. The van der Waals surface area contributed by atoms with Gasteiger partial charge in [0.1, 0.15) is 0 Å². The molecular formula is C5H9N2O2. The average Bonchev–Trinajstić information content (AvgIpc) is 1.80. The molecule has 0 aliphatic rings. The maximum absolute atomic E-state index is 9.49. The molecule has 0 aliphatic heterocycles. The normalized spacial score (nSPS) is 10.6. The number of ether oxygens (including phenoxy) is 1. The van der Waals surface area contributed by atoms with Crippen molar-refractivity contribution in [1.82, 2.24) is 4.90 Å². The molecule has 0 rings (SSSR count). The zero-order valence-corrected chi connectivity index (χ0v) is 5.50. The molecule has 4 nitrogen and oxygen atoms in total. The fourth-order valence-electron chi connectivity index (χ4n) is 0.229. The first kappa shape index (κ1) is 8.10. The van der Waals surface area contributed by atoms with Crippen molar-refractivity contribution in [2.75, 3.05) is 20.8 Å². The Morgan fingerprint density at radius 1 is 1.78 bits per heavy atom. The van der Waals surface area contributed by atoms with E-state index in [-0.39, 0.29) is 6.47 Å². The predicted molar refractivity (Wildman–Crippen MR) is 33.1 cm³/mol. The van der Waals surface area contributed by atoms with Crippen molar-refractivity contribution in [2.24, 2.45) is 4.99 Å². The second-order valence-electron chi connectivity index (χ2n) is 1.68. The summed E-state index contributed by atoms with van der Waals surface area (Å²) in [7, 11) is 3.71. The summed E-state index contributed by atoms with van der Waals surface area (Å²) in [6.07, 6.45) is 2.08. The zero-order chi connectivity index (χ0) is 7.11. The number of carbonyl (C=O) groups excluding carboxylic acids is 1. The van der Waals surface area contributed by atoms with Gasteiger partial charge in [-0.05, 0) is 14.1 Å². The molecule has 51 valence electrons. The van der Waals surface area contributed by atoms with Crippen molar-refractivity contribution in [2.45, 2.75) is 0 Å². The molecule has 0 heterocycles. The van der Waals surface area contributed by atoms with Gasteiger partial charge in [0.2, 0.25) is 0 Å². The van der Waals surface area contributed by atoms with Crippen LogP contribution >= 0.6 is 0 Å². The van der Waals surface area contributed by atoms with Crippen LogP contribution in [-0.4, -0.2) is 38.5 Å². The molecule has 0 spiro atoms. The van der Waals surface area contributed by atoms with E-state index in [1.807, 2.05) is 19.0 Å². The van der Waals surface area contributed by atoms with Gasteiger partial charge in [0.25, 0.3) is 12.9 Å². The topological polar surface area (TPSA) is 41.9 Å². The fraction of sp³-hybridized carbons (Fsp3) is 0.600. The Morgan fingerprint density at radius 3 is 2.89 bits per heavy atom. The molecule has 0 aromatic heterocycles. The molecule has 0 saturated carbocycles. The molecule has 4 heteroatoms. The highest BCUT2D eigenvalue weighted by molar-refractivity contribution is 5.59. The number of nitrogens with zero attached hydrogens (tertiary/aromatic N) is 2. The van der Waals surface area contributed by atoms with Gasteiger partial charge in [-0.3, -0.25) is 9.69 Å². The predicted octanol–water partition coefficient (Wildman–Crippen LogP) is -0.416. The summed E-state index contributed by atoms with van der Waals surface area (Å²) in [6, 6.07) is 0. The lowest BCUT2D eigenvalue weighted by Crippen LogP contribution is -2.10. The number of hydrogen-bond donors (Lipinski definition) is 0. The summed E-state index contributed by atoms with van der Waals surface area (Å²) in [6.45, 7) is 0.757. The first-order chi connectivity index (χ1) is 4.27. The average molecular weight is 129 g/mol. The van der Waals surface area contributed by atoms with E-state index >= 15 is 0 Å². The Kier molecular flexibility index (Phi) is 4.72. The zero-order valence-electron chi connectivity index (χ0n) is 5.50. The largest absolute Gasteiger partial charge is 0.404 e. The number of rotatable bonds is 4. The standard InChI is InChI=1S/C5H9N2O2/c1-7(2)3-6-4-9-5-8/h5H,3H2,1-2H3. The third-order valence-corrected chi connectivity index (χ3v) is 0.519. The van der Waals surface area contributed by atoms with E-state index in [1.54, 1.807) is 0 Å². The number of carbonyl (C=O) groups is 1. The van der Waals surface area contributed by atoms with Crippen molar-refractivity contribution in [1.29, 1.82) is 0 Å². The summed E-state index contributed by atoms with van der Waals surface area (Å²) in [5.41, 5.74) is 0. The quantitative estimate of drug-likeness (QED) is 0.294. The molecule has 9 heavy (non-hydrogen) atoms. The van der Waals surface area contributed by atoms with E-state index in [0.29, 0.717) is 6.67 Å². The second kappa shape index (κ2) is 5.24. The highest BCUT2D eigenvalue weighted by atomic mass is 16.5. The van der Waals surface area contributed by atoms with E-state index in [0.717, 1.165) is 0 Å². The fourth-order valence-corrected chi connectivity index (χ4v) is 0.229. The second-order valence-corrected chi connectivity index (χ2v) is 1.68. The van der Waals surface area contributed by atoms with Crippen LogP contribution in [0.15, 0.2) is 4.99 Å². The smallest absolute Gasteiger partial charge is 0.299 e. The Hall–Kier alpha value is -0.900. The van der Waals surface area contributed by atoms with Gasteiger partial charge in [0.15, 0.2) is 0 Å².